The fourth-order valence-electron chi connectivity index (χ4n) is 2.77. The summed E-state index contributed by atoms with van der Waals surface area (Å²) < 4.78 is 22.4. The quantitative estimate of drug-likeness (QED) is 0.828. The Hall–Kier alpha value is -2.04. The number of hydrogen-bond donors (Lipinski definition) is 2. The molecule has 1 amide bonds. The van der Waals surface area contributed by atoms with Gasteiger partial charge in [0, 0.05) is 24.6 Å². The third-order valence-corrected chi connectivity index (χ3v) is 4.30. The first-order chi connectivity index (χ1) is 11.8. The fraction of sp³-hybridized carbons (Fsp3) is 0.579. The number of carbonyl (C=O) groups excluding carboxylic acids is 2. The van der Waals surface area contributed by atoms with Crippen molar-refractivity contribution in [1.82, 2.24) is 10.3 Å². The summed E-state index contributed by atoms with van der Waals surface area (Å²) in [5.41, 5.74) is 2.03. The molecule has 0 spiro atoms. The van der Waals surface area contributed by atoms with Gasteiger partial charge in [-0.15, -0.1) is 0 Å². The zero-order valence-corrected chi connectivity index (χ0v) is 15.5. The van der Waals surface area contributed by atoms with Crippen LogP contribution in [0.3, 0.4) is 0 Å². The van der Waals surface area contributed by atoms with Gasteiger partial charge >= 0.3 is 5.97 Å². The largest absolute Gasteiger partial charge is 0.455 e. The number of amides is 1. The minimum atomic E-state index is -1.27. The molecule has 0 radical (unpaired) electrons. The lowest BCUT2D eigenvalue weighted by Gasteiger charge is -2.19. The number of esters is 1. The van der Waals surface area contributed by atoms with Gasteiger partial charge in [-0.3, -0.25) is 4.79 Å². The van der Waals surface area contributed by atoms with E-state index in [-0.39, 0.29) is 12.0 Å². The summed E-state index contributed by atoms with van der Waals surface area (Å²) in [7, 11) is 0. The van der Waals surface area contributed by atoms with Crippen molar-refractivity contribution < 1.29 is 17.1 Å². The topological polar surface area (TPSA) is 71.2 Å². The smallest absolute Gasteiger partial charge is 0.355 e. The van der Waals surface area contributed by atoms with E-state index in [4.69, 9.17) is 7.48 Å². The molecule has 0 bridgehead atoms. The second kappa shape index (κ2) is 6.46. The SMILES string of the molecule is [2H]/C(=C1/NC(=O)[C@]([2H])(CC)[C@H]1C)c1[nH]c(C(=O)OC(C)(C)C)c(C)c1C. The molecule has 1 fully saturated rings. The van der Waals surface area contributed by atoms with Crippen LogP contribution in [0.5, 0.6) is 0 Å². The lowest BCUT2D eigenvalue weighted by atomic mass is 9.92. The van der Waals surface area contributed by atoms with Crippen molar-refractivity contribution >= 4 is 17.9 Å². The van der Waals surface area contributed by atoms with Crippen LogP contribution in [-0.2, 0) is 9.53 Å². The monoisotopic (exact) mass is 334 g/mol. The van der Waals surface area contributed by atoms with Gasteiger partial charge in [0.15, 0.2) is 0 Å². The molecule has 5 heteroatoms. The van der Waals surface area contributed by atoms with Gasteiger partial charge in [0.05, 0.1) is 1.37 Å². The van der Waals surface area contributed by atoms with E-state index in [1.807, 2.05) is 6.92 Å². The molecule has 1 aliphatic heterocycles. The van der Waals surface area contributed by atoms with E-state index in [1.165, 1.54) is 0 Å². The normalized spacial score (nSPS) is 27.5. The number of nitrogens with one attached hydrogen (secondary N) is 2. The predicted octanol–water partition coefficient (Wildman–Crippen LogP) is 3.72. The van der Waals surface area contributed by atoms with Crippen molar-refractivity contribution in [2.45, 2.75) is 60.5 Å². The summed E-state index contributed by atoms with van der Waals surface area (Å²) in [5.74, 6) is -2.57. The van der Waals surface area contributed by atoms with E-state index in [2.05, 4.69) is 10.3 Å². The minimum absolute atomic E-state index is 0.101. The molecule has 0 aliphatic carbocycles. The van der Waals surface area contributed by atoms with Crippen molar-refractivity contribution in [1.29, 1.82) is 0 Å². The number of ether oxygens (including phenoxy) is 1. The van der Waals surface area contributed by atoms with Crippen molar-refractivity contribution in [3.05, 3.63) is 28.2 Å². The Balaban J connectivity index is 2.49. The zero-order chi connectivity index (χ0) is 20.0. The van der Waals surface area contributed by atoms with Gasteiger partial charge in [0.2, 0.25) is 5.91 Å². The number of rotatable bonds is 3. The molecule has 0 unspecified atom stereocenters. The Morgan fingerprint density at radius 1 is 1.38 bits per heavy atom. The second-order valence-electron chi connectivity index (χ2n) is 7.22. The molecule has 2 rings (SSSR count). The molecule has 0 saturated carbocycles. The minimum Gasteiger partial charge on any atom is -0.455 e. The maximum atomic E-state index is 12.4. The standard InChI is InChI=1S/C19H28N2O3/c1-8-13-12(4)15(21-17(13)22)9-14-10(2)11(3)16(20-14)18(23)24-19(5,6)7/h9,12-13,20H,8H2,1-7H3,(H,21,22)/b15-9-/t12-,13-/m1/s1/i9D,13D. The van der Waals surface area contributed by atoms with Crippen LogP contribution in [0.4, 0.5) is 0 Å². The van der Waals surface area contributed by atoms with E-state index < -0.39 is 23.4 Å². The van der Waals surface area contributed by atoms with Gasteiger partial charge in [0.25, 0.3) is 0 Å². The molecule has 1 aromatic heterocycles. The summed E-state index contributed by atoms with van der Waals surface area (Å²) in [4.78, 5) is 27.6. The molecule has 2 heterocycles. The second-order valence-corrected chi connectivity index (χ2v) is 7.22. The van der Waals surface area contributed by atoms with Crippen LogP contribution < -0.4 is 5.32 Å². The molecule has 5 nitrogen and oxygen atoms in total. The molecule has 1 aromatic rings. The molecular formula is C19H28N2O3. The number of hydrogen-bond acceptors (Lipinski definition) is 3. The molecule has 1 saturated heterocycles. The molecule has 2 N–H and O–H groups in total. The van der Waals surface area contributed by atoms with Crippen LogP contribution in [0.25, 0.3) is 6.05 Å². The number of carbonyl (C=O) groups is 2. The van der Waals surface area contributed by atoms with E-state index in [9.17, 15) is 9.59 Å². The van der Waals surface area contributed by atoms with E-state index in [0.717, 1.165) is 5.56 Å². The molecular weight excluding hydrogens is 304 g/mol. The molecule has 1 aliphatic rings. The van der Waals surface area contributed by atoms with Crippen LogP contribution in [0, 0.1) is 25.7 Å². The summed E-state index contributed by atoms with van der Waals surface area (Å²) in [6.07, 6.45) is 0.364. The third-order valence-electron chi connectivity index (χ3n) is 4.30. The average molecular weight is 334 g/mol. The lowest BCUT2D eigenvalue weighted by molar-refractivity contribution is -0.122. The molecule has 0 aromatic carbocycles. The molecule has 2 atom stereocenters. The van der Waals surface area contributed by atoms with Crippen molar-refractivity contribution in [3.63, 3.8) is 0 Å². The summed E-state index contributed by atoms with van der Waals surface area (Å²) in [6.45, 7) is 12.6. The van der Waals surface area contributed by atoms with Gasteiger partial charge in [-0.2, -0.15) is 0 Å². The predicted molar refractivity (Wildman–Crippen MR) is 94.5 cm³/mol. The maximum absolute atomic E-state index is 12.4. The molecule has 24 heavy (non-hydrogen) atoms. The van der Waals surface area contributed by atoms with Crippen LogP contribution in [0.15, 0.2) is 5.70 Å². The highest BCUT2D eigenvalue weighted by atomic mass is 16.6. The van der Waals surface area contributed by atoms with Crippen LogP contribution in [0.1, 0.15) is 71.1 Å². The number of aromatic nitrogens is 1. The summed E-state index contributed by atoms with van der Waals surface area (Å²) in [6, 6.07) is 0.101. The highest BCUT2D eigenvalue weighted by Gasteiger charge is 2.34. The van der Waals surface area contributed by atoms with E-state index in [1.54, 1.807) is 41.5 Å². The first-order valence-corrected chi connectivity index (χ1v) is 8.28. The van der Waals surface area contributed by atoms with Gasteiger partial charge in [-0.05, 0) is 58.2 Å². The van der Waals surface area contributed by atoms with Crippen molar-refractivity contribution in [2.24, 2.45) is 11.8 Å². The summed E-state index contributed by atoms with van der Waals surface area (Å²) in [5, 5.41) is 2.70. The molecule has 132 valence electrons. The number of aromatic amines is 1. The van der Waals surface area contributed by atoms with Gasteiger partial charge in [-0.1, -0.05) is 13.8 Å². The van der Waals surface area contributed by atoms with E-state index in [0.29, 0.717) is 29.1 Å². The Morgan fingerprint density at radius 2 is 2.00 bits per heavy atom. The van der Waals surface area contributed by atoms with Gasteiger partial charge < -0.3 is 15.0 Å². The summed E-state index contributed by atoms with van der Waals surface area (Å²) >= 11 is 0. The number of H-pyrrole nitrogens is 1. The average Bonchev–Trinajstić information content (AvgIpc) is 2.95. The Bertz CT molecular complexity index is 789. The fourth-order valence-corrected chi connectivity index (χ4v) is 2.77. The third kappa shape index (κ3) is 3.55. The zero-order valence-electron chi connectivity index (χ0n) is 17.5. The highest BCUT2D eigenvalue weighted by Crippen LogP contribution is 2.31. The van der Waals surface area contributed by atoms with Crippen LogP contribution in [-0.4, -0.2) is 22.5 Å². The highest BCUT2D eigenvalue weighted by molar-refractivity contribution is 5.91. The van der Waals surface area contributed by atoms with E-state index >= 15 is 0 Å². The Labute approximate surface area is 146 Å². The van der Waals surface area contributed by atoms with Crippen molar-refractivity contribution in [2.75, 3.05) is 0 Å². The lowest BCUT2D eigenvalue weighted by Crippen LogP contribution is -2.24. The van der Waals surface area contributed by atoms with Crippen LogP contribution >= 0.6 is 0 Å². The maximum Gasteiger partial charge on any atom is 0.355 e. The van der Waals surface area contributed by atoms with Gasteiger partial charge in [-0.25, -0.2) is 4.79 Å². The Kier molecular flexibility index (Phi) is 4.17. The van der Waals surface area contributed by atoms with Gasteiger partial charge in [0.1, 0.15) is 11.3 Å². The first kappa shape index (κ1) is 15.5. The first-order valence-electron chi connectivity index (χ1n) is 9.28. The van der Waals surface area contributed by atoms with Crippen LogP contribution in [0.2, 0.25) is 0 Å². The Morgan fingerprint density at radius 3 is 2.50 bits per heavy atom. The van der Waals surface area contributed by atoms with Crippen molar-refractivity contribution in [3.8, 4) is 0 Å². The number of allylic oxidation sites excluding steroid dienone is 1.